The van der Waals surface area contributed by atoms with Crippen LogP contribution < -0.4 is 0 Å². The summed E-state index contributed by atoms with van der Waals surface area (Å²) in [6, 6.07) is 8.06. The van der Waals surface area contributed by atoms with Crippen molar-refractivity contribution in [3.8, 4) is 0 Å². The van der Waals surface area contributed by atoms with Gasteiger partial charge in [-0.15, -0.1) is 0 Å². The molecule has 0 fully saturated rings. The highest BCUT2D eigenvalue weighted by Gasteiger charge is 2.20. The second-order valence-electron chi connectivity index (χ2n) is 5.80. The number of ketones is 1. The second kappa shape index (κ2) is 6.29. The van der Waals surface area contributed by atoms with Crippen molar-refractivity contribution in [3.63, 3.8) is 0 Å². The fourth-order valence-electron chi connectivity index (χ4n) is 2.58. The first kappa shape index (κ1) is 15.9. The highest BCUT2D eigenvalue weighted by atomic mass is 16.6. The number of fused-ring (bicyclic) bond motifs is 2. The van der Waals surface area contributed by atoms with Crippen molar-refractivity contribution in [2.45, 2.75) is 6.42 Å². The van der Waals surface area contributed by atoms with Gasteiger partial charge in [0.25, 0.3) is 5.69 Å². The molecule has 1 aromatic carbocycles. The average molecular weight is 324 g/mol. The van der Waals surface area contributed by atoms with E-state index in [1.54, 1.807) is 24.4 Å². The summed E-state index contributed by atoms with van der Waals surface area (Å²) < 4.78 is 0. The molecule has 24 heavy (non-hydrogen) atoms. The number of non-ortho nitro benzene ring substituents is 1. The van der Waals surface area contributed by atoms with Crippen molar-refractivity contribution < 1.29 is 9.72 Å². The zero-order valence-electron chi connectivity index (χ0n) is 13.4. The minimum atomic E-state index is -0.458. The van der Waals surface area contributed by atoms with E-state index < -0.39 is 4.92 Å². The van der Waals surface area contributed by atoms with Gasteiger partial charge in [0.1, 0.15) is 0 Å². The van der Waals surface area contributed by atoms with Crippen LogP contribution in [0.4, 0.5) is 5.69 Å². The maximum atomic E-state index is 12.5. The van der Waals surface area contributed by atoms with E-state index in [0.717, 1.165) is 0 Å². The molecule has 0 bridgehead atoms. The van der Waals surface area contributed by atoms with Crippen molar-refractivity contribution in [1.29, 1.82) is 0 Å². The molecule has 0 amide bonds. The van der Waals surface area contributed by atoms with Gasteiger partial charge in [-0.1, -0.05) is 0 Å². The summed E-state index contributed by atoms with van der Waals surface area (Å²) in [5.41, 5.74) is 1.13. The zero-order valence-corrected chi connectivity index (χ0v) is 13.4. The second-order valence-corrected chi connectivity index (χ2v) is 5.80. The Morgan fingerprint density at radius 3 is 2.79 bits per heavy atom. The van der Waals surface area contributed by atoms with Crippen molar-refractivity contribution >= 4 is 33.4 Å². The molecular weight excluding hydrogens is 308 g/mol. The number of hydrogen-bond acceptors (Lipinski definition) is 6. The van der Waals surface area contributed by atoms with E-state index in [9.17, 15) is 14.9 Å². The Balaban J connectivity index is 2.23. The third-order valence-electron chi connectivity index (χ3n) is 3.81. The molecule has 0 radical (unpaired) electrons. The molecule has 0 saturated heterocycles. The Kier molecular flexibility index (Phi) is 4.18. The van der Waals surface area contributed by atoms with Crippen LogP contribution in [-0.4, -0.2) is 46.2 Å². The van der Waals surface area contributed by atoms with Crippen LogP contribution in [0.2, 0.25) is 0 Å². The molecule has 7 nitrogen and oxygen atoms in total. The Bertz CT molecular complexity index is 953. The first-order valence-corrected chi connectivity index (χ1v) is 7.48. The van der Waals surface area contributed by atoms with Crippen LogP contribution in [0.1, 0.15) is 16.8 Å². The predicted octanol–water partition coefficient (Wildman–Crippen LogP) is 2.83. The molecule has 3 aromatic rings. The maximum absolute atomic E-state index is 12.5. The summed E-state index contributed by atoms with van der Waals surface area (Å²) in [6.07, 6.45) is 1.92. The highest BCUT2D eigenvalue weighted by molar-refractivity contribution is 6.10. The molecule has 0 aliphatic carbocycles. The number of nitro groups is 1. The molecular formula is C17H16N4O3. The lowest BCUT2D eigenvalue weighted by Gasteiger charge is -2.10. The normalized spacial score (nSPS) is 11.3. The van der Waals surface area contributed by atoms with E-state index in [1.165, 1.54) is 12.1 Å². The zero-order chi connectivity index (χ0) is 17.3. The fourth-order valence-corrected chi connectivity index (χ4v) is 2.58. The number of carbonyl (C=O) groups is 1. The summed E-state index contributed by atoms with van der Waals surface area (Å²) in [5.74, 6) is -0.0913. The highest BCUT2D eigenvalue weighted by Crippen LogP contribution is 2.30. The van der Waals surface area contributed by atoms with Crippen LogP contribution >= 0.6 is 0 Å². The van der Waals surface area contributed by atoms with Gasteiger partial charge in [0.2, 0.25) is 0 Å². The van der Waals surface area contributed by atoms with Crippen LogP contribution in [0.3, 0.4) is 0 Å². The van der Waals surface area contributed by atoms with Gasteiger partial charge in [-0.25, -0.2) is 9.97 Å². The average Bonchev–Trinajstić information content (AvgIpc) is 2.56. The van der Waals surface area contributed by atoms with Crippen LogP contribution in [0.5, 0.6) is 0 Å². The molecule has 7 heteroatoms. The van der Waals surface area contributed by atoms with Crippen molar-refractivity contribution in [3.05, 3.63) is 52.2 Å². The minimum absolute atomic E-state index is 0.0626. The minimum Gasteiger partial charge on any atom is -0.309 e. The summed E-state index contributed by atoms with van der Waals surface area (Å²) in [5, 5.41) is 12.4. The summed E-state index contributed by atoms with van der Waals surface area (Å²) in [4.78, 5) is 33.9. The Labute approximate surface area is 138 Å². The first-order chi connectivity index (χ1) is 11.5. The lowest BCUT2D eigenvalue weighted by molar-refractivity contribution is -0.383. The number of carbonyl (C=O) groups excluding carboxylic acids is 1. The van der Waals surface area contributed by atoms with E-state index in [-0.39, 0.29) is 11.5 Å². The monoisotopic (exact) mass is 324 g/mol. The molecule has 0 aliphatic rings. The standard InChI is InChI=1S/C17H16N4O3/c1-20(2)9-7-15(22)12-5-6-14(21(23)24)13-10-11-4-3-8-18-17(11)19-16(12)13/h3-6,8,10H,7,9H2,1-2H3. The number of nitrogens with zero attached hydrogens (tertiary/aromatic N) is 4. The number of benzene rings is 1. The summed E-state index contributed by atoms with van der Waals surface area (Å²) >= 11 is 0. The van der Waals surface area contributed by atoms with Crippen molar-refractivity contribution in [2.24, 2.45) is 0 Å². The predicted molar refractivity (Wildman–Crippen MR) is 91.2 cm³/mol. The number of pyridine rings is 2. The number of hydrogen-bond donors (Lipinski definition) is 0. The lowest BCUT2D eigenvalue weighted by Crippen LogP contribution is -2.17. The number of rotatable bonds is 5. The summed E-state index contributed by atoms with van der Waals surface area (Å²) in [6.45, 7) is 0.600. The Hall–Kier alpha value is -2.93. The smallest absolute Gasteiger partial charge is 0.278 e. The third-order valence-corrected chi connectivity index (χ3v) is 3.81. The van der Waals surface area contributed by atoms with E-state index in [0.29, 0.717) is 40.5 Å². The van der Waals surface area contributed by atoms with Gasteiger partial charge in [0.05, 0.1) is 15.8 Å². The topological polar surface area (TPSA) is 89.2 Å². The van der Waals surface area contributed by atoms with Gasteiger partial charge in [-0.2, -0.15) is 0 Å². The van der Waals surface area contributed by atoms with Crippen molar-refractivity contribution in [2.75, 3.05) is 20.6 Å². The quantitative estimate of drug-likeness (QED) is 0.310. The van der Waals surface area contributed by atoms with Gasteiger partial charge in [0, 0.05) is 36.2 Å². The maximum Gasteiger partial charge on any atom is 0.278 e. The van der Waals surface area contributed by atoms with Crippen LogP contribution in [-0.2, 0) is 0 Å². The lowest BCUT2D eigenvalue weighted by atomic mass is 10.0. The molecule has 0 atom stereocenters. The molecule has 0 spiro atoms. The van der Waals surface area contributed by atoms with Gasteiger partial charge < -0.3 is 4.90 Å². The molecule has 0 saturated carbocycles. The Morgan fingerprint density at radius 2 is 2.08 bits per heavy atom. The molecule has 3 rings (SSSR count). The van der Waals surface area contributed by atoms with Crippen LogP contribution in [0, 0.1) is 10.1 Å². The SMILES string of the molecule is CN(C)CCC(=O)c1ccc([N+](=O)[O-])c2cc3cccnc3nc12. The molecule has 2 heterocycles. The van der Waals surface area contributed by atoms with Gasteiger partial charge >= 0.3 is 0 Å². The third kappa shape index (κ3) is 2.93. The first-order valence-electron chi connectivity index (χ1n) is 7.48. The number of Topliss-reactive ketones (excluding diaryl/α,β-unsaturated/α-hetero) is 1. The molecule has 122 valence electrons. The van der Waals surface area contributed by atoms with Crippen LogP contribution in [0.15, 0.2) is 36.5 Å². The molecule has 0 aliphatic heterocycles. The Morgan fingerprint density at radius 1 is 1.29 bits per heavy atom. The fraction of sp³-hybridized carbons (Fsp3) is 0.235. The van der Waals surface area contributed by atoms with E-state index in [4.69, 9.17) is 0 Å². The molecule has 0 unspecified atom stereocenters. The van der Waals surface area contributed by atoms with Gasteiger partial charge in [0.15, 0.2) is 11.4 Å². The number of nitro benzene ring substituents is 1. The van der Waals surface area contributed by atoms with Gasteiger partial charge in [-0.3, -0.25) is 14.9 Å². The van der Waals surface area contributed by atoms with Gasteiger partial charge in [-0.05, 0) is 38.4 Å². The number of aromatic nitrogens is 2. The van der Waals surface area contributed by atoms with E-state index >= 15 is 0 Å². The molecule has 2 aromatic heterocycles. The largest absolute Gasteiger partial charge is 0.309 e. The van der Waals surface area contributed by atoms with Crippen molar-refractivity contribution in [1.82, 2.24) is 14.9 Å². The molecule has 0 N–H and O–H groups in total. The summed E-state index contributed by atoms with van der Waals surface area (Å²) in [7, 11) is 3.77. The van der Waals surface area contributed by atoms with Crippen LogP contribution in [0.25, 0.3) is 21.9 Å². The van der Waals surface area contributed by atoms with E-state index in [2.05, 4.69) is 9.97 Å². The van der Waals surface area contributed by atoms with E-state index in [1.807, 2.05) is 19.0 Å².